The van der Waals surface area contributed by atoms with E-state index in [1.807, 2.05) is 0 Å². The maximum Gasteiger partial charge on any atom is 0.411 e. The van der Waals surface area contributed by atoms with Crippen molar-refractivity contribution < 1.29 is 22.4 Å². The molecule has 0 saturated carbocycles. The van der Waals surface area contributed by atoms with Crippen LogP contribution in [-0.2, 0) is 17.6 Å². The molecule has 0 unspecified atom stereocenters. The minimum Gasteiger partial charge on any atom is -0.372 e. The van der Waals surface area contributed by atoms with Crippen molar-refractivity contribution in [2.24, 2.45) is 5.73 Å². The van der Waals surface area contributed by atoms with Gasteiger partial charge in [0, 0.05) is 12.8 Å². The molecule has 1 aromatic heterocycles. The Hall–Kier alpha value is -1.15. The Kier molecular flexibility index (Phi) is 7.53. The minimum absolute atomic E-state index is 0.0744. The molecule has 0 aromatic carbocycles. The van der Waals surface area contributed by atoms with Crippen molar-refractivity contribution in [3.05, 3.63) is 11.7 Å². The molecule has 8 heteroatoms. The molecule has 1 rings (SSSR count). The number of aromatic nitrogens is 2. The lowest BCUT2D eigenvalue weighted by Crippen LogP contribution is -2.18. The Bertz CT molecular complexity index is 369. The van der Waals surface area contributed by atoms with Crippen molar-refractivity contribution >= 4 is 0 Å². The second-order valence-corrected chi connectivity index (χ2v) is 4.47. The number of ether oxygens (including phenoxy) is 1. The topological polar surface area (TPSA) is 74.2 Å². The van der Waals surface area contributed by atoms with Crippen LogP contribution in [0.2, 0.25) is 0 Å². The van der Waals surface area contributed by atoms with Gasteiger partial charge >= 0.3 is 6.18 Å². The van der Waals surface area contributed by atoms with Gasteiger partial charge in [-0.15, -0.1) is 0 Å². The molecule has 0 amide bonds. The van der Waals surface area contributed by atoms with Crippen LogP contribution in [0.5, 0.6) is 0 Å². The average Bonchev–Trinajstić information content (AvgIpc) is 2.81. The molecule has 116 valence electrons. The molecule has 0 atom stereocenters. The number of unbranched alkanes of at least 4 members (excludes halogenated alkanes) is 3. The third kappa shape index (κ3) is 8.11. The lowest BCUT2D eigenvalue weighted by atomic mass is 10.1. The van der Waals surface area contributed by atoms with Gasteiger partial charge in [0.1, 0.15) is 6.61 Å². The Morgan fingerprint density at radius 3 is 2.55 bits per heavy atom. The molecule has 0 aliphatic heterocycles. The number of alkyl halides is 3. The van der Waals surface area contributed by atoms with E-state index in [0.29, 0.717) is 24.7 Å². The molecule has 20 heavy (non-hydrogen) atoms. The summed E-state index contributed by atoms with van der Waals surface area (Å²) >= 11 is 0. The van der Waals surface area contributed by atoms with Crippen molar-refractivity contribution in [3.8, 4) is 0 Å². The van der Waals surface area contributed by atoms with Crippen LogP contribution in [0, 0.1) is 0 Å². The molecule has 0 spiro atoms. The Morgan fingerprint density at radius 1 is 1.10 bits per heavy atom. The highest BCUT2D eigenvalue weighted by Gasteiger charge is 2.27. The van der Waals surface area contributed by atoms with Crippen LogP contribution in [0.25, 0.3) is 0 Å². The first-order valence-electron chi connectivity index (χ1n) is 6.67. The van der Waals surface area contributed by atoms with Gasteiger partial charge in [-0.2, -0.15) is 18.2 Å². The summed E-state index contributed by atoms with van der Waals surface area (Å²) in [6.45, 7) is -0.629. The van der Waals surface area contributed by atoms with Gasteiger partial charge in [-0.1, -0.05) is 18.0 Å². The number of aryl methyl sites for hydroxylation is 1. The van der Waals surface area contributed by atoms with E-state index in [1.165, 1.54) is 0 Å². The third-order valence-corrected chi connectivity index (χ3v) is 2.59. The van der Waals surface area contributed by atoms with E-state index in [0.717, 1.165) is 25.7 Å². The number of hydrogen-bond acceptors (Lipinski definition) is 5. The van der Waals surface area contributed by atoms with Crippen LogP contribution in [0.4, 0.5) is 13.2 Å². The Balaban J connectivity index is 2.13. The van der Waals surface area contributed by atoms with Gasteiger partial charge < -0.3 is 15.0 Å². The molecule has 0 saturated heterocycles. The van der Waals surface area contributed by atoms with Crippen LogP contribution >= 0.6 is 0 Å². The summed E-state index contributed by atoms with van der Waals surface area (Å²) in [6, 6.07) is 0. The summed E-state index contributed by atoms with van der Waals surface area (Å²) in [5.41, 5.74) is 5.39. The SMILES string of the molecule is NCCCCCCc1nc(CCOCC(F)(F)F)no1. The Morgan fingerprint density at radius 2 is 1.85 bits per heavy atom. The molecule has 0 fully saturated rings. The van der Waals surface area contributed by atoms with Gasteiger partial charge in [0.15, 0.2) is 5.82 Å². The van der Waals surface area contributed by atoms with Gasteiger partial charge in [-0.3, -0.25) is 0 Å². The fraction of sp³-hybridized carbons (Fsp3) is 0.833. The predicted molar refractivity (Wildman–Crippen MR) is 66.1 cm³/mol. The molecule has 0 aliphatic carbocycles. The number of nitrogens with zero attached hydrogens (tertiary/aromatic N) is 2. The smallest absolute Gasteiger partial charge is 0.372 e. The number of halogens is 3. The number of nitrogens with two attached hydrogens (primary N) is 1. The van der Waals surface area contributed by atoms with Gasteiger partial charge in [0.05, 0.1) is 6.61 Å². The average molecular weight is 295 g/mol. The van der Waals surface area contributed by atoms with Crippen LogP contribution in [0.3, 0.4) is 0 Å². The lowest BCUT2D eigenvalue weighted by Gasteiger charge is -2.05. The molecule has 1 heterocycles. The first-order chi connectivity index (χ1) is 9.51. The van der Waals surface area contributed by atoms with Crippen molar-refractivity contribution in [2.45, 2.75) is 44.7 Å². The van der Waals surface area contributed by atoms with Gasteiger partial charge in [-0.25, -0.2) is 0 Å². The molecule has 0 radical (unpaired) electrons. The van der Waals surface area contributed by atoms with Gasteiger partial charge in [0.25, 0.3) is 0 Å². The van der Waals surface area contributed by atoms with E-state index < -0.39 is 12.8 Å². The predicted octanol–water partition coefficient (Wildman–Crippen LogP) is 2.25. The maximum absolute atomic E-state index is 11.8. The third-order valence-electron chi connectivity index (χ3n) is 2.59. The summed E-state index contributed by atoms with van der Waals surface area (Å²) < 4.78 is 45.0. The summed E-state index contributed by atoms with van der Waals surface area (Å²) in [4.78, 5) is 4.10. The minimum atomic E-state index is -4.30. The van der Waals surface area contributed by atoms with E-state index in [4.69, 9.17) is 10.3 Å². The standard InChI is InChI=1S/C12H20F3N3O2/c13-12(14,15)9-19-8-6-10-17-11(20-18-10)5-3-1-2-4-7-16/h1-9,16H2. The number of hydrogen-bond donors (Lipinski definition) is 1. The zero-order chi connectivity index (χ0) is 14.8. The fourth-order valence-electron chi connectivity index (χ4n) is 1.62. The quantitative estimate of drug-likeness (QED) is 0.670. The molecule has 1 aromatic rings. The molecular weight excluding hydrogens is 275 g/mol. The normalized spacial score (nSPS) is 12.0. The summed E-state index contributed by atoms with van der Waals surface area (Å²) in [6.07, 6.45) is 0.657. The summed E-state index contributed by atoms with van der Waals surface area (Å²) in [5.74, 6) is 0.896. The van der Waals surface area contributed by atoms with Crippen molar-refractivity contribution in [3.63, 3.8) is 0 Å². The summed E-state index contributed by atoms with van der Waals surface area (Å²) in [7, 11) is 0. The van der Waals surface area contributed by atoms with Crippen LogP contribution < -0.4 is 5.73 Å². The zero-order valence-electron chi connectivity index (χ0n) is 11.3. The van der Waals surface area contributed by atoms with Crippen LogP contribution in [-0.4, -0.2) is 36.1 Å². The van der Waals surface area contributed by atoms with Crippen molar-refractivity contribution in [1.82, 2.24) is 10.1 Å². The molecular formula is C12H20F3N3O2. The van der Waals surface area contributed by atoms with Crippen LogP contribution in [0.15, 0.2) is 4.52 Å². The van der Waals surface area contributed by atoms with Gasteiger partial charge in [0.2, 0.25) is 5.89 Å². The fourth-order valence-corrected chi connectivity index (χ4v) is 1.62. The highest BCUT2D eigenvalue weighted by molar-refractivity contribution is 4.86. The largest absolute Gasteiger partial charge is 0.411 e. The van der Waals surface area contributed by atoms with E-state index in [1.54, 1.807) is 0 Å². The first-order valence-corrected chi connectivity index (χ1v) is 6.67. The van der Waals surface area contributed by atoms with E-state index in [2.05, 4.69) is 14.9 Å². The first kappa shape index (κ1) is 16.9. The second-order valence-electron chi connectivity index (χ2n) is 4.47. The van der Waals surface area contributed by atoms with Crippen molar-refractivity contribution in [1.29, 1.82) is 0 Å². The monoisotopic (exact) mass is 295 g/mol. The molecule has 2 N–H and O–H groups in total. The van der Waals surface area contributed by atoms with E-state index >= 15 is 0 Å². The summed E-state index contributed by atoms with van der Waals surface area (Å²) in [5, 5.41) is 3.70. The van der Waals surface area contributed by atoms with Crippen molar-refractivity contribution in [2.75, 3.05) is 19.8 Å². The van der Waals surface area contributed by atoms with E-state index in [-0.39, 0.29) is 13.0 Å². The van der Waals surface area contributed by atoms with E-state index in [9.17, 15) is 13.2 Å². The van der Waals surface area contributed by atoms with Crippen LogP contribution in [0.1, 0.15) is 37.4 Å². The highest BCUT2D eigenvalue weighted by atomic mass is 19.4. The highest BCUT2D eigenvalue weighted by Crippen LogP contribution is 2.14. The molecule has 0 aliphatic rings. The molecule has 0 bridgehead atoms. The molecule has 5 nitrogen and oxygen atoms in total. The number of rotatable bonds is 10. The van der Waals surface area contributed by atoms with Gasteiger partial charge in [-0.05, 0) is 19.4 Å². The zero-order valence-corrected chi connectivity index (χ0v) is 11.3. The Labute approximate surface area is 115 Å². The lowest BCUT2D eigenvalue weighted by molar-refractivity contribution is -0.173. The second kappa shape index (κ2) is 8.91. The maximum atomic E-state index is 11.8.